The highest BCUT2D eigenvalue weighted by Crippen LogP contribution is 2.34. The molecule has 0 aliphatic carbocycles. The van der Waals surface area contributed by atoms with Gasteiger partial charge in [-0.1, -0.05) is 33.6 Å². The number of hydrogen-bond acceptors (Lipinski definition) is 3. The molecule has 0 saturated carbocycles. The van der Waals surface area contributed by atoms with Gasteiger partial charge in [0.2, 0.25) is 0 Å². The van der Waals surface area contributed by atoms with Crippen molar-refractivity contribution in [2.75, 3.05) is 19.5 Å². The SMILES string of the molecule is COc1cc(Br)c(CNc2ccc(C)cc2Cl)cc1OC. The van der Waals surface area contributed by atoms with Crippen LogP contribution in [-0.2, 0) is 6.54 Å². The van der Waals surface area contributed by atoms with E-state index in [-0.39, 0.29) is 0 Å². The van der Waals surface area contributed by atoms with Gasteiger partial charge in [-0.3, -0.25) is 0 Å². The van der Waals surface area contributed by atoms with Crippen LogP contribution in [0.25, 0.3) is 0 Å². The van der Waals surface area contributed by atoms with E-state index in [1.165, 1.54) is 0 Å². The molecule has 112 valence electrons. The van der Waals surface area contributed by atoms with Crippen molar-refractivity contribution >= 4 is 33.2 Å². The predicted molar refractivity (Wildman–Crippen MR) is 90.8 cm³/mol. The molecule has 2 aromatic rings. The Bertz CT molecular complexity index is 646. The van der Waals surface area contributed by atoms with Gasteiger partial charge < -0.3 is 14.8 Å². The van der Waals surface area contributed by atoms with Gasteiger partial charge >= 0.3 is 0 Å². The highest BCUT2D eigenvalue weighted by Gasteiger charge is 2.10. The number of hydrogen-bond donors (Lipinski definition) is 1. The minimum absolute atomic E-state index is 0.629. The molecule has 0 atom stereocenters. The van der Waals surface area contributed by atoms with Crippen LogP contribution < -0.4 is 14.8 Å². The van der Waals surface area contributed by atoms with E-state index in [2.05, 4.69) is 21.2 Å². The second-order valence-electron chi connectivity index (χ2n) is 4.64. The van der Waals surface area contributed by atoms with Crippen molar-refractivity contribution in [1.29, 1.82) is 0 Å². The van der Waals surface area contributed by atoms with E-state index < -0.39 is 0 Å². The lowest BCUT2D eigenvalue weighted by molar-refractivity contribution is 0.354. The summed E-state index contributed by atoms with van der Waals surface area (Å²) in [6.45, 7) is 2.64. The molecule has 21 heavy (non-hydrogen) atoms. The molecule has 0 aromatic heterocycles. The number of aryl methyl sites for hydroxylation is 1. The van der Waals surface area contributed by atoms with Crippen LogP contribution in [0.5, 0.6) is 11.5 Å². The Morgan fingerprint density at radius 1 is 1.10 bits per heavy atom. The first kappa shape index (κ1) is 16.0. The molecule has 0 heterocycles. The molecule has 3 nitrogen and oxygen atoms in total. The summed E-state index contributed by atoms with van der Waals surface area (Å²) in [6.07, 6.45) is 0. The highest BCUT2D eigenvalue weighted by atomic mass is 79.9. The van der Waals surface area contributed by atoms with Crippen LogP contribution in [0.3, 0.4) is 0 Å². The van der Waals surface area contributed by atoms with Crippen LogP contribution in [-0.4, -0.2) is 14.2 Å². The van der Waals surface area contributed by atoms with Gasteiger partial charge in [0, 0.05) is 11.0 Å². The van der Waals surface area contributed by atoms with E-state index in [9.17, 15) is 0 Å². The Morgan fingerprint density at radius 3 is 2.38 bits per heavy atom. The zero-order chi connectivity index (χ0) is 15.4. The first-order valence-electron chi connectivity index (χ1n) is 6.45. The Hall–Kier alpha value is -1.39. The van der Waals surface area contributed by atoms with Gasteiger partial charge in [0.15, 0.2) is 11.5 Å². The minimum Gasteiger partial charge on any atom is -0.493 e. The van der Waals surface area contributed by atoms with Crippen molar-refractivity contribution in [2.24, 2.45) is 0 Å². The third-order valence-corrected chi connectivity index (χ3v) is 4.20. The second-order valence-corrected chi connectivity index (χ2v) is 5.90. The lowest BCUT2D eigenvalue weighted by Gasteiger charge is -2.14. The van der Waals surface area contributed by atoms with Crippen LogP contribution in [0.1, 0.15) is 11.1 Å². The smallest absolute Gasteiger partial charge is 0.161 e. The van der Waals surface area contributed by atoms with Gasteiger partial charge in [-0.25, -0.2) is 0 Å². The third-order valence-electron chi connectivity index (χ3n) is 3.15. The second kappa shape index (κ2) is 7.05. The van der Waals surface area contributed by atoms with E-state index in [4.69, 9.17) is 21.1 Å². The van der Waals surface area contributed by atoms with Gasteiger partial charge in [-0.05, 0) is 42.3 Å². The molecular formula is C16H17BrClNO2. The number of benzene rings is 2. The number of nitrogens with one attached hydrogen (secondary N) is 1. The lowest BCUT2D eigenvalue weighted by atomic mass is 10.2. The van der Waals surface area contributed by atoms with E-state index in [0.29, 0.717) is 23.1 Å². The molecule has 0 amide bonds. The van der Waals surface area contributed by atoms with Crippen LogP contribution in [0.4, 0.5) is 5.69 Å². The maximum absolute atomic E-state index is 6.22. The molecule has 1 N–H and O–H groups in total. The summed E-state index contributed by atoms with van der Waals surface area (Å²) < 4.78 is 11.5. The minimum atomic E-state index is 0.629. The normalized spacial score (nSPS) is 10.3. The van der Waals surface area contributed by atoms with E-state index >= 15 is 0 Å². The van der Waals surface area contributed by atoms with Crippen molar-refractivity contribution in [3.05, 3.63) is 51.0 Å². The third kappa shape index (κ3) is 3.83. The van der Waals surface area contributed by atoms with Crippen LogP contribution in [0.15, 0.2) is 34.8 Å². The summed E-state index contributed by atoms with van der Waals surface area (Å²) in [6, 6.07) is 9.78. The number of halogens is 2. The lowest BCUT2D eigenvalue weighted by Crippen LogP contribution is -2.02. The standard InChI is InChI=1S/C16H17BrClNO2/c1-10-4-5-14(13(18)6-10)19-9-11-7-15(20-2)16(21-3)8-12(11)17/h4-8,19H,9H2,1-3H3. The van der Waals surface area contributed by atoms with Crippen LogP contribution in [0.2, 0.25) is 5.02 Å². The number of ether oxygens (including phenoxy) is 2. The summed E-state index contributed by atoms with van der Waals surface area (Å²) in [5, 5.41) is 4.04. The molecule has 0 fully saturated rings. The molecule has 0 aliphatic rings. The molecule has 0 bridgehead atoms. The van der Waals surface area contributed by atoms with Gasteiger partial charge in [-0.15, -0.1) is 0 Å². The summed E-state index contributed by atoms with van der Waals surface area (Å²) in [5.74, 6) is 1.40. The van der Waals surface area contributed by atoms with E-state index in [1.54, 1.807) is 14.2 Å². The average Bonchev–Trinajstić information content (AvgIpc) is 2.47. The van der Waals surface area contributed by atoms with Crippen LogP contribution >= 0.6 is 27.5 Å². The molecule has 2 rings (SSSR count). The number of rotatable bonds is 5. The van der Waals surface area contributed by atoms with E-state index in [1.807, 2.05) is 37.3 Å². The molecule has 0 saturated heterocycles. The molecule has 0 unspecified atom stereocenters. The van der Waals surface area contributed by atoms with E-state index in [0.717, 1.165) is 21.3 Å². The summed E-state index contributed by atoms with van der Waals surface area (Å²) in [4.78, 5) is 0. The monoisotopic (exact) mass is 369 g/mol. The van der Waals surface area contributed by atoms with Gasteiger partial charge in [0.25, 0.3) is 0 Å². The fraction of sp³-hybridized carbons (Fsp3) is 0.250. The fourth-order valence-corrected chi connectivity index (χ4v) is 2.75. The molecule has 0 aliphatic heterocycles. The Kier molecular flexibility index (Phi) is 5.37. The zero-order valence-electron chi connectivity index (χ0n) is 12.2. The molecule has 2 aromatic carbocycles. The Morgan fingerprint density at radius 2 is 1.76 bits per heavy atom. The first-order chi connectivity index (χ1) is 10.0. The highest BCUT2D eigenvalue weighted by molar-refractivity contribution is 9.10. The van der Waals surface area contributed by atoms with Crippen molar-refractivity contribution in [3.63, 3.8) is 0 Å². The number of methoxy groups -OCH3 is 2. The van der Waals surface area contributed by atoms with Gasteiger partial charge in [0.05, 0.1) is 24.9 Å². The summed E-state index contributed by atoms with van der Waals surface area (Å²) >= 11 is 9.77. The van der Waals surface area contributed by atoms with Crippen molar-refractivity contribution in [1.82, 2.24) is 0 Å². The first-order valence-corrected chi connectivity index (χ1v) is 7.62. The summed E-state index contributed by atoms with van der Waals surface area (Å²) in [5.41, 5.74) is 3.10. The predicted octanol–water partition coefficient (Wildman–Crippen LogP) is 5.04. The van der Waals surface area contributed by atoms with Crippen molar-refractivity contribution < 1.29 is 9.47 Å². The largest absolute Gasteiger partial charge is 0.493 e. The summed E-state index contributed by atoms with van der Waals surface area (Å²) in [7, 11) is 3.24. The Labute approximate surface area is 138 Å². The topological polar surface area (TPSA) is 30.5 Å². The molecule has 0 radical (unpaired) electrons. The quantitative estimate of drug-likeness (QED) is 0.800. The van der Waals surface area contributed by atoms with Crippen molar-refractivity contribution in [2.45, 2.75) is 13.5 Å². The van der Waals surface area contributed by atoms with Gasteiger partial charge in [0.1, 0.15) is 0 Å². The maximum atomic E-state index is 6.22. The Balaban J connectivity index is 2.19. The molecular weight excluding hydrogens is 354 g/mol. The van der Waals surface area contributed by atoms with Crippen molar-refractivity contribution in [3.8, 4) is 11.5 Å². The zero-order valence-corrected chi connectivity index (χ0v) is 14.5. The number of anilines is 1. The average molecular weight is 371 g/mol. The van der Waals surface area contributed by atoms with Crippen LogP contribution in [0, 0.1) is 6.92 Å². The molecule has 0 spiro atoms. The van der Waals surface area contributed by atoms with Gasteiger partial charge in [-0.2, -0.15) is 0 Å². The maximum Gasteiger partial charge on any atom is 0.161 e. The fourth-order valence-electron chi connectivity index (χ4n) is 1.99. The molecule has 5 heteroatoms.